The lowest BCUT2D eigenvalue weighted by Gasteiger charge is -2.24. The topological polar surface area (TPSA) is 98.2 Å². The maximum atomic E-state index is 12.3. The molecule has 2 N–H and O–H groups in total. The molecule has 0 fully saturated rings. The van der Waals surface area contributed by atoms with Gasteiger partial charge in [-0.25, -0.2) is 5.43 Å². The summed E-state index contributed by atoms with van der Waals surface area (Å²) >= 11 is 0. The molecule has 0 saturated carbocycles. The first-order chi connectivity index (χ1) is 16.6. The molecule has 1 aliphatic heterocycles. The van der Waals surface area contributed by atoms with E-state index < -0.39 is 12.0 Å². The molecular weight excluding hydrogens is 434 g/mol. The first kappa shape index (κ1) is 22.8. The summed E-state index contributed by atoms with van der Waals surface area (Å²) in [7, 11) is 0. The van der Waals surface area contributed by atoms with Crippen LogP contribution in [0.5, 0.6) is 17.2 Å². The predicted molar refractivity (Wildman–Crippen MR) is 127 cm³/mol. The molecule has 8 nitrogen and oxygen atoms in total. The van der Waals surface area contributed by atoms with Gasteiger partial charge >= 0.3 is 0 Å². The molecule has 3 aromatic carbocycles. The zero-order chi connectivity index (χ0) is 23.8. The molecule has 2 atom stereocenters. The van der Waals surface area contributed by atoms with E-state index in [4.69, 9.17) is 14.2 Å². The lowest BCUT2D eigenvalue weighted by Crippen LogP contribution is -2.42. The number of carbonyl (C=O) groups is 2. The van der Waals surface area contributed by atoms with Gasteiger partial charge in [0, 0.05) is 0 Å². The van der Waals surface area contributed by atoms with Crippen molar-refractivity contribution in [2.75, 3.05) is 13.2 Å². The van der Waals surface area contributed by atoms with Gasteiger partial charge in [-0.1, -0.05) is 42.5 Å². The summed E-state index contributed by atoms with van der Waals surface area (Å²) in [6.45, 7) is 1.95. The molecule has 0 saturated heterocycles. The number of hydrogen-bond acceptors (Lipinski definition) is 6. The number of hydrogen-bond donors (Lipinski definition) is 2. The Kier molecular flexibility index (Phi) is 7.39. The summed E-state index contributed by atoms with van der Waals surface area (Å²) in [5.74, 6) is 1.08. The van der Waals surface area contributed by atoms with E-state index in [9.17, 15) is 9.59 Å². The summed E-state index contributed by atoms with van der Waals surface area (Å²) in [6, 6.07) is 23.8. The van der Waals surface area contributed by atoms with Crippen LogP contribution in [0.4, 0.5) is 0 Å². The van der Waals surface area contributed by atoms with Gasteiger partial charge in [-0.2, -0.15) is 5.10 Å². The van der Waals surface area contributed by atoms with Crippen molar-refractivity contribution in [2.45, 2.75) is 19.1 Å². The van der Waals surface area contributed by atoms with Gasteiger partial charge < -0.3 is 19.5 Å². The van der Waals surface area contributed by atoms with E-state index in [1.165, 1.54) is 6.21 Å². The fraction of sp³-hybridized carbons (Fsp3) is 0.192. The van der Waals surface area contributed by atoms with E-state index in [1.54, 1.807) is 36.4 Å². The van der Waals surface area contributed by atoms with Crippen molar-refractivity contribution >= 4 is 18.0 Å². The predicted octanol–water partition coefficient (Wildman–Crippen LogP) is 3.23. The Morgan fingerprint density at radius 2 is 1.74 bits per heavy atom. The largest absolute Gasteiger partial charge is 0.485 e. The van der Waals surface area contributed by atoms with Crippen LogP contribution in [-0.2, 0) is 9.59 Å². The number of nitrogens with one attached hydrogen (secondary N) is 2. The number of amides is 2. The van der Waals surface area contributed by atoms with Crippen LogP contribution >= 0.6 is 0 Å². The Bertz CT molecular complexity index is 1150. The van der Waals surface area contributed by atoms with Gasteiger partial charge in [-0.3, -0.25) is 9.59 Å². The normalized spacial score (nSPS) is 15.4. The fourth-order valence-corrected chi connectivity index (χ4v) is 3.30. The molecule has 34 heavy (non-hydrogen) atoms. The van der Waals surface area contributed by atoms with E-state index in [0.29, 0.717) is 17.2 Å². The molecule has 1 aliphatic rings. The van der Waals surface area contributed by atoms with Crippen molar-refractivity contribution in [3.05, 3.63) is 90.0 Å². The minimum absolute atomic E-state index is 0.0900. The maximum Gasteiger partial charge on any atom is 0.284 e. The van der Waals surface area contributed by atoms with Crippen LogP contribution in [0.3, 0.4) is 0 Å². The van der Waals surface area contributed by atoms with Crippen LogP contribution in [0, 0.1) is 0 Å². The smallest absolute Gasteiger partial charge is 0.284 e. The summed E-state index contributed by atoms with van der Waals surface area (Å²) < 4.78 is 16.7. The van der Waals surface area contributed by atoms with E-state index in [2.05, 4.69) is 15.8 Å². The van der Waals surface area contributed by atoms with Crippen LogP contribution in [0.1, 0.15) is 24.1 Å². The Hall–Kier alpha value is -4.33. The highest BCUT2D eigenvalue weighted by molar-refractivity contribution is 5.85. The van der Waals surface area contributed by atoms with Gasteiger partial charge in [0.2, 0.25) is 6.10 Å². The highest BCUT2D eigenvalue weighted by Gasteiger charge is 2.26. The van der Waals surface area contributed by atoms with E-state index in [1.807, 2.05) is 49.4 Å². The van der Waals surface area contributed by atoms with E-state index in [0.717, 1.165) is 11.1 Å². The number of hydrazone groups is 1. The number of para-hydroxylation sites is 2. The van der Waals surface area contributed by atoms with Gasteiger partial charge in [0.05, 0.1) is 12.3 Å². The number of fused-ring (bicyclic) bond motifs is 1. The Balaban J connectivity index is 1.20. The molecule has 2 amide bonds. The highest BCUT2D eigenvalue weighted by atomic mass is 16.6. The van der Waals surface area contributed by atoms with Crippen LogP contribution in [0.25, 0.3) is 0 Å². The first-order valence-corrected chi connectivity index (χ1v) is 10.9. The lowest BCUT2D eigenvalue weighted by molar-refractivity contribution is -0.130. The quantitative estimate of drug-likeness (QED) is 0.398. The number of carbonyl (C=O) groups excluding carboxylic acids is 2. The standard InChI is InChI=1S/C26H25N3O5/c1-18(20-7-3-2-4-8-20)28-25(30)17-32-21-13-11-19(12-14-21)15-27-29-26(31)24-16-33-22-9-5-6-10-23(22)34-24/h2-15,18,24H,16-17H2,1H3,(H,28,30)(H,29,31)/b27-15-/t18-,24+/m1/s1. The monoisotopic (exact) mass is 459 g/mol. The average Bonchev–Trinajstić information content (AvgIpc) is 2.88. The molecule has 0 radical (unpaired) electrons. The zero-order valence-electron chi connectivity index (χ0n) is 18.6. The third-order valence-corrected chi connectivity index (χ3v) is 5.12. The lowest BCUT2D eigenvalue weighted by atomic mass is 10.1. The zero-order valence-corrected chi connectivity index (χ0v) is 18.6. The molecule has 8 heteroatoms. The van der Waals surface area contributed by atoms with Crippen molar-refractivity contribution in [3.63, 3.8) is 0 Å². The van der Waals surface area contributed by atoms with Gasteiger partial charge in [0.1, 0.15) is 12.4 Å². The van der Waals surface area contributed by atoms with Crippen LogP contribution < -0.4 is 25.0 Å². The van der Waals surface area contributed by atoms with Crippen LogP contribution in [-0.4, -0.2) is 37.3 Å². The molecule has 0 unspecified atom stereocenters. The summed E-state index contributed by atoms with van der Waals surface area (Å²) in [4.78, 5) is 24.4. The van der Waals surface area contributed by atoms with Crippen molar-refractivity contribution in [3.8, 4) is 17.2 Å². The summed E-state index contributed by atoms with van der Waals surface area (Å²) in [6.07, 6.45) is 0.728. The van der Waals surface area contributed by atoms with Gasteiger partial charge in [0.15, 0.2) is 18.1 Å². The molecule has 0 aliphatic carbocycles. The van der Waals surface area contributed by atoms with Crippen LogP contribution in [0.2, 0.25) is 0 Å². The fourth-order valence-electron chi connectivity index (χ4n) is 3.30. The molecule has 4 rings (SSSR count). The number of rotatable bonds is 8. The number of nitrogens with zero attached hydrogens (tertiary/aromatic N) is 1. The van der Waals surface area contributed by atoms with E-state index >= 15 is 0 Å². The first-order valence-electron chi connectivity index (χ1n) is 10.9. The van der Waals surface area contributed by atoms with Gasteiger partial charge in [-0.05, 0) is 54.4 Å². The van der Waals surface area contributed by atoms with Gasteiger partial charge in [0.25, 0.3) is 11.8 Å². The minimum atomic E-state index is -0.779. The average molecular weight is 460 g/mol. The second-order valence-electron chi connectivity index (χ2n) is 7.66. The Morgan fingerprint density at radius 1 is 1.03 bits per heavy atom. The Labute approximate surface area is 197 Å². The number of ether oxygens (including phenoxy) is 3. The second-order valence-corrected chi connectivity index (χ2v) is 7.66. The molecule has 1 heterocycles. The molecule has 0 bridgehead atoms. The molecule has 0 aromatic heterocycles. The van der Waals surface area contributed by atoms with E-state index in [-0.39, 0.29) is 25.2 Å². The minimum Gasteiger partial charge on any atom is -0.485 e. The molecule has 3 aromatic rings. The second kappa shape index (κ2) is 11.0. The number of benzene rings is 3. The Morgan fingerprint density at radius 3 is 2.50 bits per heavy atom. The van der Waals surface area contributed by atoms with Gasteiger partial charge in [-0.15, -0.1) is 0 Å². The summed E-state index contributed by atoms with van der Waals surface area (Å²) in [5, 5.41) is 6.88. The third kappa shape index (κ3) is 6.13. The SMILES string of the molecule is C[C@@H](NC(=O)COc1ccc(/C=N\NC(=O)[C@@H]2COc3ccccc3O2)cc1)c1ccccc1. The van der Waals surface area contributed by atoms with Crippen LogP contribution in [0.15, 0.2) is 84.0 Å². The summed E-state index contributed by atoms with van der Waals surface area (Å²) in [5.41, 5.74) is 4.24. The van der Waals surface area contributed by atoms with Crippen molar-refractivity contribution in [1.29, 1.82) is 0 Å². The molecule has 174 valence electrons. The highest BCUT2D eigenvalue weighted by Crippen LogP contribution is 2.30. The molecular formula is C26H25N3O5. The van der Waals surface area contributed by atoms with Crippen molar-refractivity contribution in [1.82, 2.24) is 10.7 Å². The maximum absolute atomic E-state index is 12.3. The molecule has 0 spiro atoms. The van der Waals surface area contributed by atoms with Crippen molar-refractivity contribution in [2.24, 2.45) is 5.10 Å². The third-order valence-electron chi connectivity index (χ3n) is 5.12. The van der Waals surface area contributed by atoms with Crippen molar-refractivity contribution < 1.29 is 23.8 Å².